The molecule has 0 aliphatic carbocycles. The van der Waals surface area contributed by atoms with E-state index >= 15 is 0 Å². The van der Waals surface area contributed by atoms with Crippen LogP contribution in [0.3, 0.4) is 0 Å². The van der Waals surface area contributed by atoms with Gasteiger partial charge in [-0.3, -0.25) is 4.79 Å². The van der Waals surface area contributed by atoms with Gasteiger partial charge in [0, 0.05) is 17.8 Å². The number of oxazole rings is 1. The largest absolute Gasteiger partial charge is 0.484 e. The molecule has 0 fully saturated rings. The SMILES string of the molecule is Cc1ccc(OCC(=O)Nc2cccc(-c3nc(CN)c(C)o3)c2)cc1. The molecule has 0 aliphatic rings. The van der Waals surface area contributed by atoms with E-state index < -0.39 is 0 Å². The van der Waals surface area contributed by atoms with Crippen molar-refractivity contribution in [3.63, 3.8) is 0 Å². The lowest BCUT2D eigenvalue weighted by Gasteiger charge is -2.08. The van der Waals surface area contributed by atoms with Gasteiger partial charge in [-0.05, 0) is 44.2 Å². The molecule has 0 saturated heterocycles. The third-order valence-corrected chi connectivity index (χ3v) is 3.87. The van der Waals surface area contributed by atoms with Gasteiger partial charge in [-0.2, -0.15) is 0 Å². The van der Waals surface area contributed by atoms with Gasteiger partial charge in [-0.1, -0.05) is 23.8 Å². The second-order valence-corrected chi connectivity index (χ2v) is 5.96. The van der Waals surface area contributed by atoms with E-state index in [9.17, 15) is 4.79 Å². The molecule has 1 amide bonds. The van der Waals surface area contributed by atoms with Gasteiger partial charge in [-0.25, -0.2) is 4.98 Å². The number of anilines is 1. The molecule has 0 unspecified atom stereocenters. The first-order chi connectivity index (χ1) is 12.5. The Morgan fingerprint density at radius 3 is 2.65 bits per heavy atom. The van der Waals surface area contributed by atoms with Crippen molar-refractivity contribution in [2.75, 3.05) is 11.9 Å². The van der Waals surface area contributed by atoms with Gasteiger partial charge < -0.3 is 20.2 Å². The van der Waals surface area contributed by atoms with Crippen LogP contribution in [0.2, 0.25) is 0 Å². The molecule has 0 bridgehead atoms. The highest BCUT2D eigenvalue weighted by Gasteiger charge is 2.11. The lowest BCUT2D eigenvalue weighted by molar-refractivity contribution is -0.118. The zero-order valence-corrected chi connectivity index (χ0v) is 14.8. The minimum absolute atomic E-state index is 0.0667. The van der Waals surface area contributed by atoms with Gasteiger partial charge in [-0.15, -0.1) is 0 Å². The minimum Gasteiger partial charge on any atom is -0.484 e. The number of nitrogens with two attached hydrogens (primary N) is 1. The van der Waals surface area contributed by atoms with Gasteiger partial charge >= 0.3 is 0 Å². The van der Waals surface area contributed by atoms with Gasteiger partial charge in [0.1, 0.15) is 11.5 Å². The monoisotopic (exact) mass is 351 g/mol. The molecule has 6 nitrogen and oxygen atoms in total. The zero-order valence-electron chi connectivity index (χ0n) is 14.8. The van der Waals surface area contributed by atoms with E-state index in [4.69, 9.17) is 14.9 Å². The molecule has 3 N–H and O–H groups in total. The molecule has 3 rings (SSSR count). The first-order valence-electron chi connectivity index (χ1n) is 8.31. The number of rotatable bonds is 6. The maximum atomic E-state index is 12.1. The van der Waals surface area contributed by atoms with E-state index in [-0.39, 0.29) is 12.5 Å². The van der Waals surface area contributed by atoms with Gasteiger partial charge in [0.2, 0.25) is 5.89 Å². The number of aryl methyl sites for hydroxylation is 2. The Morgan fingerprint density at radius 2 is 1.96 bits per heavy atom. The summed E-state index contributed by atoms with van der Waals surface area (Å²) in [5, 5.41) is 2.81. The second-order valence-electron chi connectivity index (χ2n) is 5.96. The van der Waals surface area contributed by atoms with Crippen LogP contribution in [0.1, 0.15) is 17.0 Å². The average molecular weight is 351 g/mol. The van der Waals surface area contributed by atoms with Crippen molar-refractivity contribution in [2.24, 2.45) is 5.73 Å². The average Bonchev–Trinajstić information content (AvgIpc) is 3.02. The summed E-state index contributed by atoms with van der Waals surface area (Å²) in [5.41, 5.74) is 8.91. The van der Waals surface area contributed by atoms with Crippen LogP contribution in [0.15, 0.2) is 52.9 Å². The third-order valence-electron chi connectivity index (χ3n) is 3.87. The summed E-state index contributed by atoms with van der Waals surface area (Å²) in [4.78, 5) is 16.5. The molecular weight excluding hydrogens is 330 g/mol. The number of ether oxygens (including phenoxy) is 1. The summed E-state index contributed by atoms with van der Waals surface area (Å²) in [6.07, 6.45) is 0. The summed E-state index contributed by atoms with van der Waals surface area (Å²) in [6, 6.07) is 14.8. The number of amides is 1. The van der Waals surface area contributed by atoms with Crippen LogP contribution < -0.4 is 15.8 Å². The molecule has 0 spiro atoms. The normalized spacial score (nSPS) is 10.6. The fraction of sp³-hybridized carbons (Fsp3) is 0.200. The first kappa shape index (κ1) is 17.7. The van der Waals surface area contributed by atoms with Crippen molar-refractivity contribution in [1.82, 2.24) is 4.98 Å². The lowest BCUT2D eigenvalue weighted by atomic mass is 10.2. The smallest absolute Gasteiger partial charge is 0.262 e. The maximum Gasteiger partial charge on any atom is 0.262 e. The molecule has 1 heterocycles. The van der Waals surface area contributed by atoms with Crippen LogP contribution in [0.4, 0.5) is 5.69 Å². The third kappa shape index (κ3) is 4.29. The van der Waals surface area contributed by atoms with Crippen molar-refractivity contribution >= 4 is 11.6 Å². The highest BCUT2D eigenvalue weighted by atomic mass is 16.5. The predicted molar refractivity (Wildman–Crippen MR) is 99.9 cm³/mol. The van der Waals surface area contributed by atoms with Crippen molar-refractivity contribution in [2.45, 2.75) is 20.4 Å². The van der Waals surface area contributed by atoms with Crippen LogP contribution in [-0.2, 0) is 11.3 Å². The standard InChI is InChI=1S/C20H21N3O3/c1-13-6-8-17(9-7-13)25-12-19(24)22-16-5-3-4-15(10-16)20-23-18(11-21)14(2)26-20/h3-10H,11-12,21H2,1-2H3,(H,22,24). The minimum atomic E-state index is -0.242. The molecule has 0 aliphatic heterocycles. The van der Waals surface area contributed by atoms with Gasteiger partial charge in [0.25, 0.3) is 5.91 Å². The fourth-order valence-corrected chi connectivity index (χ4v) is 2.45. The fourth-order valence-electron chi connectivity index (χ4n) is 2.45. The van der Waals surface area contributed by atoms with Crippen LogP contribution in [0.25, 0.3) is 11.5 Å². The van der Waals surface area contributed by atoms with Crippen molar-refractivity contribution < 1.29 is 13.9 Å². The topological polar surface area (TPSA) is 90.4 Å². The van der Waals surface area contributed by atoms with Gasteiger partial charge in [0.15, 0.2) is 6.61 Å². The maximum absolute atomic E-state index is 12.1. The van der Waals surface area contributed by atoms with Crippen LogP contribution in [0, 0.1) is 13.8 Å². The number of carbonyl (C=O) groups is 1. The van der Waals surface area contributed by atoms with Crippen LogP contribution in [0.5, 0.6) is 5.75 Å². The number of aromatic nitrogens is 1. The number of hydrogen-bond acceptors (Lipinski definition) is 5. The van der Waals surface area contributed by atoms with E-state index in [0.29, 0.717) is 29.6 Å². The Labute approximate surface area is 152 Å². The summed E-state index contributed by atoms with van der Waals surface area (Å²) < 4.78 is 11.1. The molecule has 2 aromatic carbocycles. The highest BCUT2D eigenvalue weighted by Crippen LogP contribution is 2.24. The Kier molecular flexibility index (Phi) is 5.34. The molecule has 0 saturated carbocycles. The number of benzene rings is 2. The number of nitrogens with one attached hydrogen (secondary N) is 1. The second kappa shape index (κ2) is 7.84. The molecule has 26 heavy (non-hydrogen) atoms. The Bertz CT molecular complexity index is 901. The van der Waals surface area contributed by atoms with Crippen molar-refractivity contribution in [3.05, 3.63) is 65.5 Å². The van der Waals surface area contributed by atoms with E-state index in [2.05, 4.69) is 10.3 Å². The molecule has 3 aromatic rings. The van der Waals surface area contributed by atoms with E-state index in [1.165, 1.54) is 0 Å². The van der Waals surface area contributed by atoms with Crippen LogP contribution in [-0.4, -0.2) is 17.5 Å². The Balaban J connectivity index is 1.64. The highest BCUT2D eigenvalue weighted by molar-refractivity contribution is 5.92. The quantitative estimate of drug-likeness (QED) is 0.710. The van der Waals surface area contributed by atoms with Crippen molar-refractivity contribution in [1.29, 1.82) is 0 Å². The molecule has 6 heteroatoms. The molecule has 134 valence electrons. The first-order valence-corrected chi connectivity index (χ1v) is 8.31. The molecular formula is C20H21N3O3. The summed E-state index contributed by atoms with van der Waals surface area (Å²) in [6.45, 7) is 4.08. The van der Waals surface area contributed by atoms with Crippen LogP contribution >= 0.6 is 0 Å². The number of nitrogens with zero attached hydrogens (tertiary/aromatic N) is 1. The Morgan fingerprint density at radius 1 is 1.19 bits per heavy atom. The van der Waals surface area contributed by atoms with E-state index in [1.54, 1.807) is 12.1 Å². The molecule has 0 atom stereocenters. The summed E-state index contributed by atoms with van der Waals surface area (Å²) >= 11 is 0. The zero-order chi connectivity index (χ0) is 18.5. The van der Waals surface area contributed by atoms with E-state index in [0.717, 1.165) is 16.8 Å². The summed E-state index contributed by atoms with van der Waals surface area (Å²) in [5.74, 6) is 1.59. The Hall–Kier alpha value is -3.12. The lowest BCUT2D eigenvalue weighted by Crippen LogP contribution is -2.20. The van der Waals surface area contributed by atoms with E-state index in [1.807, 2.05) is 50.2 Å². The predicted octanol–water partition coefficient (Wildman–Crippen LogP) is 3.43. The molecule has 0 radical (unpaired) electrons. The molecule has 1 aromatic heterocycles. The number of hydrogen-bond donors (Lipinski definition) is 2. The van der Waals surface area contributed by atoms with Crippen molar-refractivity contribution in [3.8, 4) is 17.2 Å². The van der Waals surface area contributed by atoms with Gasteiger partial charge in [0.05, 0.1) is 5.69 Å². The summed E-state index contributed by atoms with van der Waals surface area (Å²) in [7, 11) is 0. The number of carbonyl (C=O) groups excluding carboxylic acids is 1.